The van der Waals surface area contributed by atoms with Gasteiger partial charge in [0.05, 0.1) is 0 Å². The van der Waals surface area contributed by atoms with Crippen LogP contribution in [0.1, 0.15) is 21.5 Å². The zero-order chi connectivity index (χ0) is 16.1. The molecule has 0 radical (unpaired) electrons. The van der Waals surface area contributed by atoms with E-state index in [4.69, 9.17) is 11.6 Å². The highest BCUT2D eigenvalue weighted by Gasteiger charge is 2.07. The Balaban J connectivity index is 2.19. The Bertz CT molecular complexity index is 727. The normalized spacial score (nSPS) is 11.0. The number of benzene rings is 2. The SMILES string of the molecule is O=C(/C=C/c1ccc(F)c(F)c1)c1ccc(O)c(CCCl)c1. The third-order valence-corrected chi connectivity index (χ3v) is 3.29. The summed E-state index contributed by atoms with van der Waals surface area (Å²) in [5, 5.41) is 9.65. The number of hydrogen-bond acceptors (Lipinski definition) is 2. The van der Waals surface area contributed by atoms with Gasteiger partial charge in [-0.3, -0.25) is 4.79 Å². The molecule has 22 heavy (non-hydrogen) atoms. The van der Waals surface area contributed by atoms with Crippen LogP contribution in [0, 0.1) is 11.6 Å². The number of ketones is 1. The number of halogens is 3. The standard InChI is InChI=1S/C17H13ClF2O2/c18-8-7-13-10-12(3-6-17(13)22)16(21)5-2-11-1-4-14(19)15(20)9-11/h1-6,9-10,22H,7-8H2/b5-2+. The number of rotatable bonds is 5. The first-order valence-electron chi connectivity index (χ1n) is 6.56. The Morgan fingerprint density at radius 3 is 2.59 bits per heavy atom. The van der Waals surface area contributed by atoms with Gasteiger partial charge in [-0.1, -0.05) is 12.1 Å². The molecular formula is C17H13ClF2O2. The number of hydrogen-bond donors (Lipinski definition) is 1. The lowest BCUT2D eigenvalue weighted by atomic mass is 10.0. The van der Waals surface area contributed by atoms with Gasteiger partial charge in [-0.15, -0.1) is 11.6 Å². The number of allylic oxidation sites excluding steroid dienone is 1. The zero-order valence-corrected chi connectivity index (χ0v) is 12.3. The van der Waals surface area contributed by atoms with Crippen LogP contribution in [0.2, 0.25) is 0 Å². The quantitative estimate of drug-likeness (QED) is 0.505. The average Bonchev–Trinajstić information content (AvgIpc) is 2.50. The molecule has 0 aliphatic rings. The van der Waals surface area contributed by atoms with Crippen LogP contribution in [0.5, 0.6) is 5.75 Å². The summed E-state index contributed by atoms with van der Waals surface area (Å²) in [5.74, 6) is -1.80. The van der Waals surface area contributed by atoms with E-state index in [1.807, 2.05) is 0 Å². The topological polar surface area (TPSA) is 37.3 Å². The van der Waals surface area contributed by atoms with Gasteiger partial charge in [-0.25, -0.2) is 8.78 Å². The maximum absolute atomic E-state index is 13.1. The fourth-order valence-electron chi connectivity index (χ4n) is 1.93. The molecule has 0 atom stereocenters. The lowest BCUT2D eigenvalue weighted by Crippen LogP contribution is -1.97. The van der Waals surface area contributed by atoms with Crippen molar-refractivity contribution in [2.24, 2.45) is 0 Å². The van der Waals surface area contributed by atoms with E-state index in [-0.39, 0.29) is 11.5 Å². The van der Waals surface area contributed by atoms with Gasteiger partial charge in [-0.05, 0) is 54.0 Å². The lowest BCUT2D eigenvalue weighted by molar-refractivity contribution is 0.104. The molecule has 0 saturated carbocycles. The van der Waals surface area contributed by atoms with Gasteiger partial charge in [0.15, 0.2) is 17.4 Å². The van der Waals surface area contributed by atoms with E-state index in [0.29, 0.717) is 29.0 Å². The zero-order valence-electron chi connectivity index (χ0n) is 11.5. The van der Waals surface area contributed by atoms with Crippen LogP contribution in [0.4, 0.5) is 8.78 Å². The second-order valence-electron chi connectivity index (χ2n) is 4.65. The number of alkyl halides is 1. The molecule has 0 spiro atoms. The molecule has 2 aromatic carbocycles. The minimum atomic E-state index is -0.969. The van der Waals surface area contributed by atoms with E-state index in [1.54, 1.807) is 6.07 Å². The summed E-state index contributed by atoms with van der Waals surface area (Å²) in [6.45, 7) is 0. The van der Waals surface area contributed by atoms with Crippen molar-refractivity contribution in [1.29, 1.82) is 0 Å². The van der Waals surface area contributed by atoms with Gasteiger partial charge in [0, 0.05) is 11.4 Å². The van der Waals surface area contributed by atoms with Crippen LogP contribution >= 0.6 is 11.6 Å². The third-order valence-electron chi connectivity index (χ3n) is 3.10. The Hall–Kier alpha value is -2.20. The van der Waals surface area contributed by atoms with Crippen LogP contribution in [0.25, 0.3) is 6.08 Å². The number of aryl methyl sites for hydroxylation is 1. The van der Waals surface area contributed by atoms with Gasteiger partial charge < -0.3 is 5.11 Å². The first-order chi connectivity index (χ1) is 10.5. The summed E-state index contributed by atoms with van der Waals surface area (Å²) in [7, 11) is 0. The molecule has 0 unspecified atom stereocenters. The summed E-state index contributed by atoms with van der Waals surface area (Å²) in [5.41, 5.74) is 1.35. The second kappa shape index (κ2) is 7.18. The second-order valence-corrected chi connectivity index (χ2v) is 5.03. The fourth-order valence-corrected chi connectivity index (χ4v) is 2.13. The number of aromatic hydroxyl groups is 1. The summed E-state index contributed by atoms with van der Waals surface area (Å²) >= 11 is 5.63. The van der Waals surface area contributed by atoms with Crippen molar-refractivity contribution in [3.05, 3.63) is 70.8 Å². The van der Waals surface area contributed by atoms with E-state index in [0.717, 1.165) is 12.1 Å². The van der Waals surface area contributed by atoms with Crippen molar-refractivity contribution in [3.8, 4) is 5.75 Å². The van der Waals surface area contributed by atoms with Crippen molar-refractivity contribution < 1.29 is 18.7 Å². The van der Waals surface area contributed by atoms with Gasteiger partial charge in [0.1, 0.15) is 5.75 Å². The van der Waals surface area contributed by atoms with E-state index >= 15 is 0 Å². The van der Waals surface area contributed by atoms with E-state index in [1.165, 1.54) is 30.4 Å². The Morgan fingerprint density at radius 2 is 1.91 bits per heavy atom. The molecule has 114 valence electrons. The Labute approximate surface area is 131 Å². The van der Waals surface area contributed by atoms with Crippen LogP contribution in [-0.4, -0.2) is 16.8 Å². The van der Waals surface area contributed by atoms with Crippen LogP contribution in [-0.2, 0) is 6.42 Å². The molecule has 2 nitrogen and oxygen atoms in total. The van der Waals surface area contributed by atoms with Gasteiger partial charge in [0.25, 0.3) is 0 Å². The molecule has 1 N–H and O–H groups in total. The Kier molecular flexibility index (Phi) is 5.28. The monoisotopic (exact) mass is 322 g/mol. The predicted octanol–water partition coefficient (Wildman–Crippen LogP) is 4.35. The first-order valence-corrected chi connectivity index (χ1v) is 7.10. The molecule has 5 heteroatoms. The number of carbonyl (C=O) groups excluding carboxylic acids is 1. The van der Waals surface area contributed by atoms with E-state index < -0.39 is 11.6 Å². The summed E-state index contributed by atoms with van der Waals surface area (Å²) in [6.07, 6.45) is 3.11. The molecule has 0 fully saturated rings. The summed E-state index contributed by atoms with van der Waals surface area (Å²) < 4.78 is 25.9. The molecule has 0 amide bonds. The summed E-state index contributed by atoms with van der Waals surface area (Å²) in [4.78, 5) is 12.1. The molecular weight excluding hydrogens is 310 g/mol. The molecule has 0 aromatic heterocycles. The van der Waals surface area contributed by atoms with Gasteiger partial charge >= 0.3 is 0 Å². The van der Waals surface area contributed by atoms with E-state index in [2.05, 4.69) is 0 Å². The minimum absolute atomic E-state index is 0.0850. The highest BCUT2D eigenvalue weighted by Crippen LogP contribution is 2.20. The molecule has 0 aliphatic heterocycles. The number of carbonyl (C=O) groups is 1. The van der Waals surface area contributed by atoms with Crippen LogP contribution in [0.15, 0.2) is 42.5 Å². The fraction of sp³-hybridized carbons (Fsp3) is 0.118. The van der Waals surface area contributed by atoms with Gasteiger partial charge in [-0.2, -0.15) is 0 Å². The van der Waals surface area contributed by atoms with Crippen LogP contribution in [0.3, 0.4) is 0 Å². The highest BCUT2D eigenvalue weighted by atomic mass is 35.5. The van der Waals surface area contributed by atoms with Crippen LogP contribution < -0.4 is 0 Å². The summed E-state index contributed by atoms with van der Waals surface area (Å²) in [6, 6.07) is 7.87. The molecule has 0 aliphatic carbocycles. The first kappa shape index (κ1) is 16.2. The van der Waals surface area contributed by atoms with Crippen molar-refractivity contribution in [3.63, 3.8) is 0 Å². The molecule has 2 aromatic rings. The predicted molar refractivity (Wildman–Crippen MR) is 82.3 cm³/mol. The van der Waals surface area contributed by atoms with Crippen molar-refractivity contribution >= 4 is 23.5 Å². The van der Waals surface area contributed by atoms with Gasteiger partial charge in [0.2, 0.25) is 0 Å². The Morgan fingerprint density at radius 1 is 1.14 bits per heavy atom. The number of phenols is 1. The molecule has 0 bridgehead atoms. The number of phenolic OH excluding ortho intramolecular Hbond substituents is 1. The minimum Gasteiger partial charge on any atom is -0.508 e. The third kappa shape index (κ3) is 3.92. The molecule has 2 rings (SSSR count). The molecule has 0 heterocycles. The highest BCUT2D eigenvalue weighted by molar-refractivity contribution is 6.18. The average molecular weight is 323 g/mol. The largest absolute Gasteiger partial charge is 0.508 e. The van der Waals surface area contributed by atoms with Crippen molar-refractivity contribution in [2.45, 2.75) is 6.42 Å². The molecule has 0 saturated heterocycles. The smallest absolute Gasteiger partial charge is 0.185 e. The van der Waals surface area contributed by atoms with E-state index in [9.17, 15) is 18.7 Å². The maximum Gasteiger partial charge on any atom is 0.185 e. The lowest BCUT2D eigenvalue weighted by Gasteiger charge is -2.04. The van der Waals surface area contributed by atoms with Crippen molar-refractivity contribution in [1.82, 2.24) is 0 Å². The van der Waals surface area contributed by atoms with Crippen molar-refractivity contribution in [2.75, 3.05) is 5.88 Å². The maximum atomic E-state index is 13.1.